The molecule has 2 aliphatic heterocycles. The highest BCUT2D eigenvalue weighted by atomic mass is 32.2. The summed E-state index contributed by atoms with van der Waals surface area (Å²) >= 11 is 0. The first-order chi connectivity index (χ1) is 15.9. The fraction of sp³-hybridized carbons (Fsp3) is 0.435. The third kappa shape index (κ3) is 3.87. The van der Waals surface area contributed by atoms with Gasteiger partial charge in [-0.3, -0.25) is 9.78 Å². The average molecular weight is 470 g/mol. The largest absolute Gasteiger partial charge is 0.367 e. The van der Waals surface area contributed by atoms with Gasteiger partial charge in [0, 0.05) is 56.5 Å². The van der Waals surface area contributed by atoms with Crippen LogP contribution in [0.5, 0.6) is 0 Å². The number of nitrogens with zero attached hydrogens (tertiary/aromatic N) is 5. The number of fused-ring (bicyclic) bond motifs is 1. The summed E-state index contributed by atoms with van der Waals surface area (Å²) in [6, 6.07) is 10.1. The van der Waals surface area contributed by atoms with Crippen LogP contribution in [0.25, 0.3) is 10.9 Å². The normalized spacial score (nSPS) is 20.0. The van der Waals surface area contributed by atoms with Crippen molar-refractivity contribution in [2.24, 2.45) is 5.92 Å². The van der Waals surface area contributed by atoms with Crippen molar-refractivity contribution in [3.63, 3.8) is 0 Å². The summed E-state index contributed by atoms with van der Waals surface area (Å²) in [6.07, 6.45) is 2.35. The van der Waals surface area contributed by atoms with E-state index in [4.69, 9.17) is 4.52 Å². The topological polar surface area (TPSA) is 99.8 Å². The van der Waals surface area contributed by atoms with E-state index >= 15 is 0 Å². The fourth-order valence-corrected chi connectivity index (χ4v) is 6.69. The van der Waals surface area contributed by atoms with Gasteiger partial charge in [-0.05, 0) is 32.4 Å². The average Bonchev–Trinajstić information content (AvgIpc) is 3.46. The highest BCUT2D eigenvalue weighted by Gasteiger charge is 2.40. The lowest BCUT2D eigenvalue weighted by Gasteiger charge is -2.37. The molecule has 3 aromatic rings. The van der Waals surface area contributed by atoms with E-state index in [9.17, 15) is 13.2 Å². The molecule has 0 bridgehead atoms. The number of anilines is 1. The lowest BCUT2D eigenvalue weighted by Crippen LogP contribution is -2.50. The van der Waals surface area contributed by atoms with Crippen molar-refractivity contribution in [1.82, 2.24) is 19.3 Å². The standard InChI is InChI=1S/C23H27N5O4S/c1-16-22(17(2)32-25-16)33(30,31)28-10-8-18(15-28)23(29)27-13-11-26(12-14-27)21-7-9-24-20-6-4-3-5-19(20)21/h3-7,9,18H,8,10-15H2,1-2H3. The molecule has 10 heteroatoms. The molecule has 0 radical (unpaired) electrons. The van der Waals surface area contributed by atoms with Crippen LogP contribution in [0.15, 0.2) is 45.9 Å². The predicted molar refractivity (Wildman–Crippen MR) is 123 cm³/mol. The molecule has 0 saturated carbocycles. The van der Waals surface area contributed by atoms with Crippen molar-refractivity contribution >= 4 is 32.5 Å². The van der Waals surface area contributed by atoms with Gasteiger partial charge in [0.2, 0.25) is 15.9 Å². The summed E-state index contributed by atoms with van der Waals surface area (Å²) in [5.74, 6) is -0.0127. The van der Waals surface area contributed by atoms with E-state index in [1.807, 2.05) is 35.4 Å². The Morgan fingerprint density at radius 3 is 2.55 bits per heavy atom. The number of aromatic nitrogens is 2. The third-order valence-corrected chi connectivity index (χ3v) is 8.73. The van der Waals surface area contributed by atoms with Gasteiger partial charge < -0.3 is 14.3 Å². The number of piperazine rings is 1. The maximum atomic E-state index is 13.2. The second-order valence-corrected chi connectivity index (χ2v) is 10.5. The highest BCUT2D eigenvalue weighted by molar-refractivity contribution is 7.89. The minimum atomic E-state index is -3.73. The lowest BCUT2D eigenvalue weighted by molar-refractivity contribution is -0.135. The molecule has 2 aromatic heterocycles. The van der Waals surface area contributed by atoms with E-state index in [1.165, 1.54) is 4.31 Å². The Bertz CT molecular complexity index is 1270. The number of para-hydroxylation sites is 1. The first-order valence-corrected chi connectivity index (χ1v) is 12.6. The highest BCUT2D eigenvalue weighted by Crippen LogP contribution is 2.30. The van der Waals surface area contributed by atoms with Crippen LogP contribution >= 0.6 is 0 Å². The van der Waals surface area contributed by atoms with Gasteiger partial charge in [0.25, 0.3) is 0 Å². The van der Waals surface area contributed by atoms with Gasteiger partial charge in [0.05, 0.1) is 11.4 Å². The van der Waals surface area contributed by atoms with E-state index < -0.39 is 10.0 Å². The molecule has 1 amide bonds. The van der Waals surface area contributed by atoms with Gasteiger partial charge in [-0.2, -0.15) is 4.31 Å². The van der Waals surface area contributed by atoms with Crippen LogP contribution in [0.1, 0.15) is 17.9 Å². The van der Waals surface area contributed by atoms with Crippen LogP contribution < -0.4 is 4.90 Å². The zero-order chi connectivity index (χ0) is 23.2. The number of carbonyl (C=O) groups excluding carboxylic acids is 1. The number of aryl methyl sites for hydroxylation is 2. The van der Waals surface area contributed by atoms with Crippen molar-refractivity contribution in [2.75, 3.05) is 44.2 Å². The molecule has 0 aliphatic carbocycles. The quantitative estimate of drug-likeness (QED) is 0.577. The SMILES string of the molecule is Cc1noc(C)c1S(=O)(=O)N1CCC(C(=O)N2CCN(c3ccnc4ccccc34)CC2)C1. The van der Waals surface area contributed by atoms with E-state index in [2.05, 4.69) is 21.1 Å². The van der Waals surface area contributed by atoms with Crippen LogP contribution in [0.4, 0.5) is 5.69 Å². The number of rotatable bonds is 4. The molecule has 5 rings (SSSR count). The maximum absolute atomic E-state index is 13.2. The van der Waals surface area contributed by atoms with Crippen molar-refractivity contribution in [3.8, 4) is 0 Å². The molecule has 174 valence electrons. The summed E-state index contributed by atoms with van der Waals surface area (Å²) < 4.78 is 32.6. The molecule has 0 spiro atoms. The third-order valence-electron chi connectivity index (χ3n) is 6.62. The summed E-state index contributed by atoms with van der Waals surface area (Å²) in [4.78, 5) is 21.9. The summed E-state index contributed by atoms with van der Waals surface area (Å²) in [7, 11) is -3.73. The zero-order valence-electron chi connectivity index (χ0n) is 18.8. The Morgan fingerprint density at radius 2 is 1.82 bits per heavy atom. The van der Waals surface area contributed by atoms with Gasteiger partial charge in [0.15, 0.2) is 5.76 Å². The molecule has 2 aliphatic rings. The van der Waals surface area contributed by atoms with E-state index in [1.54, 1.807) is 13.8 Å². The molecule has 33 heavy (non-hydrogen) atoms. The van der Waals surface area contributed by atoms with Crippen LogP contribution in [-0.2, 0) is 14.8 Å². The summed E-state index contributed by atoms with van der Waals surface area (Å²) in [5, 5.41) is 4.87. The molecule has 9 nitrogen and oxygen atoms in total. The van der Waals surface area contributed by atoms with E-state index in [0.29, 0.717) is 31.7 Å². The van der Waals surface area contributed by atoms with Crippen LogP contribution in [-0.4, -0.2) is 72.9 Å². The minimum absolute atomic E-state index is 0.0331. The fourth-order valence-electron chi connectivity index (χ4n) is 4.90. The number of sulfonamides is 1. The minimum Gasteiger partial charge on any atom is -0.367 e. The Kier molecular flexibility index (Phi) is 5.57. The van der Waals surface area contributed by atoms with Crippen molar-refractivity contribution in [1.29, 1.82) is 0 Å². The second-order valence-electron chi connectivity index (χ2n) is 8.66. The van der Waals surface area contributed by atoms with Gasteiger partial charge in [0.1, 0.15) is 10.6 Å². The molecule has 1 atom stereocenters. The number of hydrogen-bond donors (Lipinski definition) is 0. The number of carbonyl (C=O) groups is 1. The number of benzene rings is 1. The first kappa shape index (κ1) is 21.8. The molecular formula is C23H27N5O4S. The van der Waals surface area contributed by atoms with Gasteiger partial charge in [-0.25, -0.2) is 8.42 Å². The number of pyridine rings is 1. The molecule has 2 saturated heterocycles. The zero-order valence-corrected chi connectivity index (χ0v) is 19.6. The van der Waals surface area contributed by atoms with Crippen molar-refractivity contribution in [2.45, 2.75) is 25.2 Å². The lowest BCUT2D eigenvalue weighted by atomic mass is 10.1. The summed E-state index contributed by atoms with van der Waals surface area (Å²) in [6.45, 7) is 6.42. The summed E-state index contributed by atoms with van der Waals surface area (Å²) in [5.41, 5.74) is 2.44. The molecule has 0 N–H and O–H groups in total. The molecular weight excluding hydrogens is 442 g/mol. The first-order valence-electron chi connectivity index (χ1n) is 11.2. The van der Waals surface area contributed by atoms with Gasteiger partial charge in [-0.1, -0.05) is 23.4 Å². The second kappa shape index (κ2) is 8.42. The van der Waals surface area contributed by atoms with Gasteiger partial charge in [-0.15, -0.1) is 0 Å². The van der Waals surface area contributed by atoms with Crippen molar-refractivity contribution < 1.29 is 17.7 Å². The maximum Gasteiger partial charge on any atom is 0.248 e. The Labute approximate surface area is 193 Å². The van der Waals surface area contributed by atoms with Gasteiger partial charge >= 0.3 is 0 Å². The van der Waals surface area contributed by atoms with Crippen LogP contribution in [0.2, 0.25) is 0 Å². The number of amides is 1. The van der Waals surface area contributed by atoms with E-state index in [0.717, 1.165) is 29.7 Å². The predicted octanol–water partition coefficient (Wildman–Crippen LogP) is 2.20. The number of hydrogen-bond acceptors (Lipinski definition) is 7. The Morgan fingerprint density at radius 1 is 1.06 bits per heavy atom. The Balaban J connectivity index is 1.24. The van der Waals surface area contributed by atoms with Crippen LogP contribution in [0, 0.1) is 19.8 Å². The van der Waals surface area contributed by atoms with Crippen LogP contribution in [0.3, 0.4) is 0 Å². The molecule has 4 heterocycles. The smallest absolute Gasteiger partial charge is 0.248 e. The molecule has 2 fully saturated rings. The van der Waals surface area contributed by atoms with Crippen molar-refractivity contribution in [3.05, 3.63) is 48.0 Å². The van der Waals surface area contributed by atoms with E-state index in [-0.39, 0.29) is 29.0 Å². The molecule has 1 unspecified atom stereocenters. The monoisotopic (exact) mass is 469 g/mol. The molecule has 1 aromatic carbocycles. The Hall–Kier alpha value is -2.98.